The summed E-state index contributed by atoms with van der Waals surface area (Å²) < 4.78 is 22.4. The van der Waals surface area contributed by atoms with Gasteiger partial charge in [-0.3, -0.25) is 4.79 Å². The number of esters is 2. The van der Waals surface area contributed by atoms with Crippen molar-refractivity contribution in [2.24, 2.45) is 11.8 Å². The average Bonchev–Trinajstić information content (AvgIpc) is 2.86. The van der Waals surface area contributed by atoms with Crippen molar-refractivity contribution in [3.05, 3.63) is 47.5 Å². The molecule has 1 aromatic carbocycles. The molecule has 2 rings (SSSR count). The van der Waals surface area contributed by atoms with E-state index in [9.17, 15) is 9.59 Å². The van der Waals surface area contributed by atoms with E-state index in [0.29, 0.717) is 17.9 Å². The topological polar surface area (TPSA) is 91.3 Å². The van der Waals surface area contributed by atoms with Crippen molar-refractivity contribution >= 4 is 11.9 Å². The van der Waals surface area contributed by atoms with E-state index in [1.165, 1.54) is 31.2 Å². The minimum absolute atomic E-state index is 0.0547. The van der Waals surface area contributed by atoms with Gasteiger partial charge in [-0.05, 0) is 37.3 Å². The number of hydrogen-bond donors (Lipinski definition) is 1. The van der Waals surface area contributed by atoms with Crippen LogP contribution in [0.5, 0.6) is 0 Å². The first-order chi connectivity index (χ1) is 16.9. The highest BCUT2D eigenvalue weighted by molar-refractivity contribution is 5.86. The number of carbonyl (C=O) groups is 2. The van der Waals surface area contributed by atoms with E-state index in [4.69, 9.17) is 24.1 Å². The number of carbonyl (C=O) groups excluding carboxylic acids is 2. The summed E-state index contributed by atoms with van der Waals surface area (Å²) in [6.45, 7) is 8.94. The molecule has 1 aliphatic heterocycles. The molecule has 1 unspecified atom stereocenters. The van der Waals surface area contributed by atoms with Gasteiger partial charge in [0.25, 0.3) is 0 Å². The summed E-state index contributed by atoms with van der Waals surface area (Å²) in [6.07, 6.45) is 7.00. The lowest BCUT2D eigenvalue weighted by Crippen LogP contribution is -2.32. The quantitative estimate of drug-likeness (QED) is 0.209. The monoisotopic (exact) mass is 490 g/mol. The fourth-order valence-electron chi connectivity index (χ4n) is 3.92. The predicted octanol–water partition coefficient (Wildman–Crippen LogP) is 4.39. The van der Waals surface area contributed by atoms with Gasteiger partial charge in [0, 0.05) is 23.8 Å². The highest BCUT2D eigenvalue weighted by Gasteiger charge is 2.22. The number of unbranched alkanes of at least 4 members (excludes halogenated alkanes) is 2. The minimum atomic E-state index is -0.474. The number of hydrogen-bond acceptors (Lipinski definition) is 7. The maximum Gasteiger partial charge on any atom is 0.333 e. The molecular weight excluding hydrogens is 448 g/mol. The third-order valence-corrected chi connectivity index (χ3v) is 6.06. The summed E-state index contributed by atoms with van der Waals surface area (Å²) in [7, 11) is 0. The minimum Gasteiger partial charge on any atom is -0.465 e. The molecular formula is C28H42O7. The zero-order valence-corrected chi connectivity index (χ0v) is 21.3. The number of ether oxygens (including phenoxy) is 4. The van der Waals surface area contributed by atoms with Crippen molar-refractivity contribution in [2.75, 3.05) is 33.0 Å². The second-order valence-corrected chi connectivity index (χ2v) is 9.42. The van der Waals surface area contributed by atoms with Crippen LogP contribution in [-0.2, 0) is 41.4 Å². The summed E-state index contributed by atoms with van der Waals surface area (Å²) in [6, 6.07) is 8.26. The van der Waals surface area contributed by atoms with Crippen molar-refractivity contribution in [1.82, 2.24) is 0 Å². The third-order valence-electron chi connectivity index (χ3n) is 6.06. The van der Waals surface area contributed by atoms with E-state index in [1.807, 2.05) is 12.1 Å². The molecule has 1 fully saturated rings. The van der Waals surface area contributed by atoms with Gasteiger partial charge < -0.3 is 24.1 Å². The molecule has 0 spiro atoms. The molecule has 0 bridgehead atoms. The number of benzene rings is 1. The van der Waals surface area contributed by atoms with Crippen molar-refractivity contribution in [1.29, 1.82) is 0 Å². The van der Waals surface area contributed by atoms with Crippen LogP contribution in [0, 0.1) is 11.8 Å². The standard InChI is InChI=1S/C28H42O7/c1-4-5-6-7-24-17-33-27(34-18-24)13-12-22-8-10-23(11-9-22)16-25(19-32-26(30)14-15-29)20-35-28(31)21(2)3/h8-11,24-25,27,29H,2,4-7,12-20H2,1,3H3. The summed E-state index contributed by atoms with van der Waals surface area (Å²) >= 11 is 0. The molecule has 1 aromatic rings. The van der Waals surface area contributed by atoms with Gasteiger partial charge in [-0.25, -0.2) is 4.79 Å². The van der Waals surface area contributed by atoms with Crippen LogP contribution in [0.15, 0.2) is 36.4 Å². The Bertz CT molecular complexity index is 766. The van der Waals surface area contributed by atoms with Crippen molar-refractivity contribution in [2.45, 2.75) is 71.5 Å². The smallest absolute Gasteiger partial charge is 0.333 e. The van der Waals surface area contributed by atoms with Gasteiger partial charge in [-0.15, -0.1) is 0 Å². The van der Waals surface area contributed by atoms with Gasteiger partial charge in [0.2, 0.25) is 0 Å². The second-order valence-electron chi connectivity index (χ2n) is 9.42. The average molecular weight is 491 g/mol. The maximum atomic E-state index is 11.8. The lowest BCUT2D eigenvalue weighted by Gasteiger charge is -2.29. The molecule has 7 heteroatoms. The normalized spacial score (nSPS) is 18.6. The molecule has 0 saturated carbocycles. The van der Waals surface area contributed by atoms with Crippen LogP contribution in [0.3, 0.4) is 0 Å². The summed E-state index contributed by atoms with van der Waals surface area (Å²) in [4.78, 5) is 23.4. The van der Waals surface area contributed by atoms with Crippen molar-refractivity contribution in [3.63, 3.8) is 0 Å². The lowest BCUT2D eigenvalue weighted by atomic mass is 9.98. The highest BCUT2D eigenvalue weighted by Crippen LogP contribution is 2.21. The van der Waals surface area contributed by atoms with Crippen LogP contribution in [0.25, 0.3) is 0 Å². The van der Waals surface area contributed by atoms with Crippen molar-refractivity contribution < 1.29 is 33.6 Å². The van der Waals surface area contributed by atoms with Gasteiger partial charge in [0.1, 0.15) is 0 Å². The van der Waals surface area contributed by atoms with E-state index in [2.05, 4.69) is 25.6 Å². The Balaban J connectivity index is 1.79. The molecule has 1 N–H and O–H groups in total. The fourth-order valence-corrected chi connectivity index (χ4v) is 3.92. The summed E-state index contributed by atoms with van der Waals surface area (Å²) in [5.41, 5.74) is 2.58. The zero-order valence-electron chi connectivity index (χ0n) is 21.3. The van der Waals surface area contributed by atoms with Gasteiger partial charge >= 0.3 is 11.9 Å². The number of aliphatic hydroxyl groups excluding tert-OH is 1. The molecule has 0 radical (unpaired) electrons. The Morgan fingerprint density at radius 1 is 1.06 bits per heavy atom. The molecule has 196 valence electrons. The summed E-state index contributed by atoms with van der Waals surface area (Å²) in [5.74, 6) is -0.617. The Morgan fingerprint density at radius 3 is 2.34 bits per heavy atom. The van der Waals surface area contributed by atoms with Gasteiger partial charge in [-0.2, -0.15) is 0 Å². The van der Waals surface area contributed by atoms with E-state index < -0.39 is 11.9 Å². The van der Waals surface area contributed by atoms with Crippen LogP contribution >= 0.6 is 0 Å². The molecule has 0 aliphatic carbocycles. The van der Waals surface area contributed by atoms with Crippen LogP contribution in [0.4, 0.5) is 0 Å². The SMILES string of the molecule is C=C(C)C(=O)OCC(COC(=O)CCO)Cc1ccc(CCC2OCC(CCCCC)CO2)cc1. The molecule has 1 heterocycles. The highest BCUT2D eigenvalue weighted by atomic mass is 16.7. The molecule has 0 amide bonds. The fraction of sp³-hybridized carbons (Fsp3) is 0.643. The first-order valence-corrected chi connectivity index (χ1v) is 12.8. The van der Waals surface area contributed by atoms with Crippen molar-refractivity contribution in [3.8, 4) is 0 Å². The van der Waals surface area contributed by atoms with Crippen LogP contribution in [-0.4, -0.2) is 56.4 Å². The zero-order chi connectivity index (χ0) is 25.5. The third kappa shape index (κ3) is 11.8. The van der Waals surface area contributed by atoms with E-state index in [-0.39, 0.29) is 38.4 Å². The second kappa shape index (κ2) is 16.5. The van der Waals surface area contributed by atoms with E-state index >= 15 is 0 Å². The molecule has 7 nitrogen and oxygen atoms in total. The van der Waals surface area contributed by atoms with E-state index in [1.54, 1.807) is 6.92 Å². The largest absolute Gasteiger partial charge is 0.465 e. The molecule has 35 heavy (non-hydrogen) atoms. The number of aliphatic hydroxyl groups is 1. The molecule has 0 aromatic heterocycles. The van der Waals surface area contributed by atoms with Crippen LogP contribution < -0.4 is 0 Å². The van der Waals surface area contributed by atoms with E-state index in [0.717, 1.165) is 31.6 Å². The molecule has 1 saturated heterocycles. The Hall–Kier alpha value is -2.22. The first-order valence-electron chi connectivity index (χ1n) is 12.8. The number of rotatable bonds is 16. The maximum absolute atomic E-state index is 11.8. The lowest BCUT2D eigenvalue weighted by molar-refractivity contribution is -0.203. The summed E-state index contributed by atoms with van der Waals surface area (Å²) in [5, 5.41) is 8.88. The van der Waals surface area contributed by atoms with Gasteiger partial charge in [0.05, 0.1) is 39.5 Å². The van der Waals surface area contributed by atoms with Gasteiger partial charge in [-0.1, -0.05) is 57.0 Å². The molecule has 1 atom stereocenters. The van der Waals surface area contributed by atoms with Crippen LogP contribution in [0.2, 0.25) is 0 Å². The first kappa shape index (κ1) is 29.0. The van der Waals surface area contributed by atoms with Crippen LogP contribution in [0.1, 0.15) is 63.5 Å². The Morgan fingerprint density at radius 2 is 1.71 bits per heavy atom. The molecule has 1 aliphatic rings. The Kier molecular flexibility index (Phi) is 13.6. The van der Waals surface area contributed by atoms with Gasteiger partial charge in [0.15, 0.2) is 6.29 Å². The number of aryl methyl sites for hydroxylation is 1. The predicted molar refractivity (Wildman–Crippen MR) is 134 cm³/mol. The Labute approximate surface area is 209 Å².